The SMILES string of the molecule is CCC(C)(CCO)Nc1nccc2sccc12. The van der Waals surface area contributed by atoms with Crippen molar-refractivity contribution in [3.05, 3.63) is 23.7 Å². The molecule has 0 aliphatic carbocycles. The van der Waals surface area contributed by atoms with Crippen molar-refractivity contribution in [2.24, 2.45) is 0 Å². The van der Waals surface area contributed by atoms with Crippen molar-refractivity contribution in [3.63, 3.8) is 0 Å². The minimum absolute atomic E-state index is 0.0992. The van der Waals surface area contributed by atoms with Crippen LogP contribution in [0.15, 0.2) is 23.7 Å². The number of anilines is 1. The number of hydrogen-bond acceptors (Lipinski definition) is 4. The molecule has 0 aliphatic rings. The van der Waals surface area contributed by atoms with E-state index in [1.54, 1.807) is 11.3 Å². The molecule has 92 valence electrons. The Morgan fingerprint density at radius 3 is 3.00 bits per heavy atom. The summed E-state index contributed by atoms with van der Waals surface area (Å²) in [6.45, 7) is 4.43. The van der Waals surface area contributed by atoms with Crippen LogP contribution in [-0.4, -0.2) is 22.2 Å². The highest BCUT2D eigenvalue weighted by Crippen LogP contribution is 2.29. The van der Waals surface area contributed by atoms with Crippen molar-refractivity contribution >= 4 is 27.2 Å². The van der Waals surface area contributed by atoms with Gasteiger partial charge in [0.25, 0.3) is 0 Å². The van der Waals surface area contributed by atoms with Gasteiger partial charge in [-0.1, -0.05) is 6.92 Å². The lowest BCUT2D eigenvalue weighted by molar-refractivity contribution is 0.252. The van der Waals surface area contributed by atoms with E-state index in [1.807, 2.05) is 12.3 Å². The van der Waals surface area contributed by atoms with E-state index in [-0.39, 0.29) is 12.1 Å². The number of aliphatic hydroxyl groups excluding tert-OH is 1. The van der Waals surface area contributed by atoms with E-state index in [9.17, 15) is 0 Å². The Bertz CT molecular complexity index is 497. The molecule has 0 aliphatic heterocycles. The number of hydrogen-bond donors (Lipinski definition) is 2. The number of rotatable bonds is 5. The first-order valence-electron chi connectivity index (χ1n) is 5.90. The van der Waals surface area contributed by atoms with Gasteiger partial charge in [-0.3, -0.25) is 0 Å². The predicted octanol–water partition coefficient (Wildman–Crippen LogP) is 3.26. The Balaban J connectivity index is 2.31. The van der Waals surface area contributed by atoms with Crippen molar-refractivity contribution in [1.82, 2.24) is 4.98 Å². The summed E-state index contributed by atoms with van der Waals surface area (Å²) in [7, 11) is 0. The molecule has 2 aromatic heterocycles. The first-order valence-corrected chi connectivity index (χ1v) is 6.78. The fourth-order valence-electron chi connectivity index (χ4n) is 1.85. The highest BCUT2D eigenvalue weighted by Gasteiger charge is 2.22. The molecule has 0 saturated heterocycles. The molecule has 2 heterocycles. The summed E-state index contributed by atoms with van der Waals surface area (Å²) in [5.41, 5.74) is -0.0992. The molecule has 0 fully saturated rings. The second-order valence-corrected chi connectivity index (χ2v) is 5.45. The van der Waals surface area contributed by atoms with Gasteiger partial charge in [0.1, 0.15) is 5.82 Å². The van der Waals surface area contributed by atoms with Crippen LogP contribution in [0.3, 0.4) is 0 Å². The van der Waals surface area contributed by atoms with E-state index < -0.39 is 0 Å². The Kier molecular flexibility index (Phi) is 3.64. The molecule has 2 N–H and O–H groups in total. The molecule has 0 saturated carbocycles. The minimum Gasteiger partial charge on any atom is -0.396 e. The number of aliphatic hydroxyl groups is 1. The fraction of sp³-hybridized carbons (Fsp3) is 0.462. The average molecular weight is 250 g/mol. The van der Waals surface area contributed by atoms with Gasteiger partial charge in [-0.2, -0.15) is 0 Å². The minimum atomic E-state index is -0.0992. The maximum absolute atomic E-state index is 9.13. The first kappa shape index (κ1) is 12.3. The molecule has 4 heteroatoms. The maximum Gasteiger partial charge on any atom is 0.135 e. The smallest absolute Gasteiger partial charge is 0.135 e. The summed E-state index contributed by atoms with van der Waals surface area (Å²) in [5, 5.41) is 15.8. The van der Waals surface area contributed by atoms with Crippen LogP contribution < -0.4 is 5.32 Å². The van der Waals surface area contributed by atoms with Crippen molar-refractivity contribution < 1.29 is 5.11 Å². The molecular weight excluding hydrogens is 232 g/mol. The van der Waals surface area contributed by atoms with Gasteiger partial charge < -0.3 is 10.4 Å². The van der Waals surface area contributed by atoms with Crippen LogP contribution in [0.25, 0.3) is 10.1 Å². The van der Waals surface area contributed by atoms with E-state index in [0.717, 1.165) is 24.0 Å². The van der Waals surface area contributed by atoms with Crippen LogP contribution in [0.5, 0.6) is 0 Å². The van der Waals surface area contributed by atoms with Gasteiger partial charge in [0.05, 0.1) is 0 Å². The average Bonchev–Trinajstić information content (AvgIpc) is 2.78. The Morgan fingerprint density at radius 2 is 2.29 bits per heavy atom. The van der Waals surface area contributed by atoms with Crippen LogP contribution in [-0.2, 0) is 0 Å². The van der Waals surface area contributed by atoms with Crippen molar-refractivity contribution in [3.8, 4) is 0 Å². The highest BCUT2D eigenvalue weighted by molar-refractivity contribution is 7.17. The number of nitrogens with one attached hydrogen (secondary N) is 1. The van der Waals surface area contributed by atoms with E-state index in [4.69, 9.17) is 5.11 Å². The molecular formula is C13H18N2OS. The number of pyridine rings is 1. The molecule has 0 aromatic carbocycles. The zero-order valence-electron chi connectivity index (χ0n) is 10.2. The molecule has 17 heavy (non-hydrogen) atoms. The Hall–Kier alpha value is -1.13. The monoisotopic (exact) mass is 250 g/mol. The molecule has 0 amide bonds. The van der Waals surface area contributed by atoms with Crippen LogP contribution >= 0.6 is 11.3 Å². The van der Waals surface area contributed by atoms with E-state index >= 15 is 0 Å². The van der Waals surface area contributed by atoms with Gasteiger partial charge in [-0.25, -0.2) is 4.98 Å². The zero-order valence-corrected chi connectivity index (χ0v) is 11.0. The Morgan fingerprint density at radius 1 is 1.47 bits per heavy atom. The van der Waals surface area contributed by atoms with E-state index in [2.05, 4.69) is 35.6 Å². The van der Waals surface area contributed by atoms with Gasteiger partial charge in [0, 0.05) is 28.4 Å². The summed E-state index contributed by atoms with van der Waals surface area (Å²) in [6.07, 6.45) is 3.51. The topological polar surface area (TPSA) is 45.1 Å². The summed E-state index contributed by atoms with van der Waals surface area (Å²) in [5.74, 6) is 0.918. The van der Waals surface area contributed by atoms with Crippen molar-refractivity contribution in [1.29, 1.82) is 0 Å². The molecule has 0 spiro atoms. The molecule has 2 rings (SSSR count). The summed E-state index contributed by atoms with van der Waals surface area (Å²) in [6, 6.07) is 4.12. The highest BCUT2D eigenvalue weighted by atomic mass is 32.1. The van der Waals surface area contributed by atoms with Crippen LogP contribution in [0.2, 0.25) is 0 Å². The third kappa shape index (κ3) is 2.58. The van der Waals surface area contributed by atoms with Gasteiger partial charge in [0.15, 0.2) is 0 Å². The predicted molar refractivity (Wildman–Crippen MR) is 73.6 cm³/mol. The summed E-state index contributed by atoms with van der Waals surface area (Å²) >= 11 is 1.72. The molecule has 2 aromatic rings. The molecule has 3 nitrogen and oxygen atoms in total. The van der Waals surface area contributed by atoms with Gasteiger partial charge in [-0.05, 0) is 37.3 Å². The number of aromatic nitrogens is 1. The first-order chi connectivity index (χ1) is 8.18. The lowest BCUT2D eigenvalue weighted by Gasteiger charge is -2.29. The lowest BCUT2D eigenvalue weighted by Crippen LogP contribution is -2.35. The third-order valence-corrected chi connectivity index (χ3v) is 4.13. The van der Waals surface area contributed by atoms with Crippen molar-refractivity contribution in [2.45, 2.75) is 32.2 Å². The number of fused-ring (bicyclic) bond motifs is 1. The second-order valence-electron chi connectivity index (χ2n) is 4.50. The maximum atomic E-state index is 9.13. The van der Waals surface area contributed by atoms with E-state index in [0.29, 0.717) is 0 Å². The fourth-order valence-corrected chi connectivity index (χ4v) is 2.64. The summed E-state index contributed by atoms with van der Waals surface area (Å²) < 4.78 is 1.24. The van der Waals surface area contributed by atoms with Gasteiger partial charge in [0.2, 0.25) is 0 Å². The van der Waals surface area contributed by atoms with Gasteiger partial charge in [-0.15, -0.1) is 11.3 Å². The third-order valence-electron chi connectivity index (χ3n) is 3.24. The summed E-state index contributed by atoms with van der Waals surface area (Å²) in [4.78, 5) is 4.41. The largest absolute Gasteiger partial charge is 0.396 e. The van der Waals surface area contributed by atoms with Crippen LogP contribution in [0, 0.1) is 0 Å². The normalized spacial score (nSPS) is 14.8. The van der Waals surface area contributed by atoms with Crippen LogP contribution in [0.4, 0.5) is 5.82 Å². The molecule has 1 atom stereocenters. The molecule has 0 radical (unpaired) electrons. The van der Waals surface area contributed by atoms with Crippen molar-refractivity contribution in [2.75, 3.05) is 11.9 Å². The standard InChI is InChI=1S/C13H18N2OS/c1-3-13(2,6-8-16)15-12-10-5-9-17-11(10)4-7-14-12/h4-5,7,9,16H,3,6,8H2,1-2H3,(H,14,15). The quantitative estimate of drug-likeness (QED) is 0.856. The number of nitrogens with zero attached hydrogens (tertiary/aromatic N) is 1. The Labute approximate surface area is 106 Å². The lowest BCUT2D eigenvalue weighted by atomic mass is 9.95. The molecule has 0 bridgehead atoms. The number of thiophene rings is 1. The van der Waals surface area contributed by atoms with E-state index in [1.165, 1.54) is 4.70 Å². The van der Waals surface area contributed by atoms with Crippen LogP contribution in [0.1, 0.15) is 26.7 Å². The molecule has 1 unspecified atom stereocenters. The van der Waals surface area contributed by atoms with Gasteiger partial charge >= 0.3 is 0 Å². The zero-order chi connectivity index (χ0) is 12.3. The second kappa shape index (κ2) is 5.02.